The van der Waals surface area contributed by atoms with Crippen molar-refractivity contribution in [2.45, 2.75) is 44.8 Å². The number of aromatic nitrogens is 3. The average molecular weight is 426 g/mol. The van der Waals surface area contributed by atoms with Crippen LogP contribution in [0.25, 0.3) is 10.9 Å². The summed E-state index contributed by atoms with van der Waals surface area (Å²) in [6.45, 7) is 3.25. The predicted molar refractivity (Wildman–Crippen MR) is 114 cm³/mol. The average Bonchev–Trinajstić information content (AvgIpc) is 3.34. The second-order valence-corrected chi connectivity index (χ2v) is 7.50. The molecular formula is C21H26N6O4. The Hall–Kier alpha value is -3.66. The SMILES string of the molecule is Cc1[nH]c2ccccc2c1CC(NC(=O)C(N)Cc1cnc[nH]1)C(=O)NC(C)C(=O)O. The van der Waals surface area contributed by atoms with E-state index in [1.807, 2.05) is 31.2 Å². The summed E-state index contributed by atoms with van der Waals surface area (Å²) in [5, 5.41) is 15.2. The quantitative estimate of drug-likeness (QED) is 0.289. The number of para-hydroxylation sites is 1. The Kier molecular flexibility index (Phi) is 6.71. The summed E-state index contributed by atoms with van der Waals surface area (Å²) in [6, 6.07) is 4.63. The lowest BCUT2D eigenvalue weighted by molar-refractivity contribution is -0.141. The number of benzene rings is 1. The molecule has 3 rings (SSSR count). The molecule has 3 atom stereocenters. The second-order valence-electron chi connectivity index (χ2n) is 7.50. The number of carboxylic acids is 1. The van der Waals surface area contributed by atoms with Gasteiger partial charge in [-0.1, -0.05) is 18.2 Å². The first kappa shape index (κ1) is 22.0. The van der Waals surface area contributed by atoms with Crippen LogP contribution in [0.15, 0.2) is 36.8 Å². The molecule has 3 unspecified atom stereocenters. The van der Waals surface area contributed by atoms with Crippen LogP contribution in [0.5, 0.6) is 0 Å². The zero-order chi connectivity index (χ0) is 22.5. The van der Waals surface area contributed by atoms with Gasteiger partial charge in [0.25, 0.3) is 0 Å². The number of nitrogens with zero attached hydrogens (tertiary/aromatic N) is 1. The normalized spacial score (nSPS) is 14.0. The molecule has 0 saturated carbocycles. The molecule has 0 aliphatic heterocycles. The molecule has 10 heteroatoms. The number of fused-ring (bicyclic) bond motifs is 1. The van der Waals surface area contributed by atoms with E-state index in [4.69, 9.17) is 10.8 Å². The first-order valence-corrected chi connectivity index (χ1v) is 9.88. The van der Waals surface area contributed by atoms with Gasteiger partial charge in [-0.25, -0.2) is 4.98 Å². The third-order valence-corrected chi connectivity index (χ3v) is 5.13. The number of hydrogen-bond acceptors (Lipinski definition) is 5. The van der Waals surface area contributed by atoms with Crippen molar-refractivity contribution in [3.05, 3.63) is 53.7 Å². The third-order valence-electron chi connectivity index (χ3n) is 5.13. The molecule has 7 N–H and O–H groups in total. The van der Waals surface area contributed by atoms with Crippen molar-refractivity contribution in [1.29, 1.82) is 0 Å². The lowest BCUT2D eigenvalue weighted by atomic mass is 10.0. The van der Waals surface area contributed by atoms with Crippen molar-refractivity contribution >= 4 is 28.7 Å². The van der Waals surface area contributed by atoms with Crippen molar-refractivity contribution in [2.75, 3.05) is 0 Å². The van der Waals surface area contributed by atoms with Crippen molar-refractivity contribution in [3.63, 3.8) is 0 Å². The summed E-state index contributed by atoms with van der Waals surface area (Å²) >= 11 is 0. The number of imidazole rings is 1. The Morgan fingerprint density at radius 1 is 1.16 bits per heavy atom. The lowest BCUT2D eigenvalue weighted by Gasteiger charge is -2.22. The van der Waals surface area contributed by atoms with E-state index in [9.17, 15) is 14.4 Å². The van der Waals surface area contributed by atoms with E-state index in [0.717, 1.165) is 22.2 Å². The fourth-order valence-corrected chi connectivity index (χ4v) is 3.39. The number of aryl methyl sites for hydroxylation is 1. The zero-order valence-electron chi connectivity index (χ0n) is 17.3. The number of hydrogen-bond donors (Lipinski definition) is 6. The van der Waals surface area contributed by atoms with Crippen molar-refractivity contribution in [3.8, 4) is 0 Å². The van der Waals surface area contributed by atoms with E-state index in [-0.39, 0.29) is 12.8 Å². The first-order valence-electron chi connectivity index (χ1n) is 9.88. The fourth-order valence-electron chi connectivity index (χ4n) is 3.39. The predicted octanol–water partition coefficient (Wildman–Crippen LogP) is 0.386. The molecule has 3 aromatic rings. The zero-order valence-corrected chi connectivity index (χ0v) is 17.3. The monoisotopic (exact) mass is 426 g/mol. The summed E-state index contributed by atoms with van der Waals surface area (Å²) in [5.41, 5.74) is 9.34. The van der Waals surface area contributed by atoms with Gasteiger partial charge in [-0.05, 0) is 25.5 Å². The van der Waals surface area contributed by atoms with Gasteiger partial charge in [-0.15, -0.1) is 0 Å². The summed E-state index contributed by atoms with van der Waals surface area (Å²) < 4.78 is 0. The number of carboxylic acid groups (broad SMARTS) is 1. The molecule has 164 valence electrons. The van der Waals surface area contributed by atoms with Gasteiger partial charge in [0.2, 0.25) is 11.8 Å². The molecule has 0 fully saturated rings. The number of aliphatic carboxylic acids is 1. The van der Waals surface area contributed by atoms with Crippen molar-refractivity contribution < 1.29 is 19.5 Å². The minimum Gasteiger partial charge on any atom is -0.480 e. The maximum absolute atomic E-state index is 12.9. The van der Waals surface area contributed by atoms with Crippen LogP contribution in [0, 0.1) is 6.92 Å². The van der Waals surface area contributed by atoms with Crippen LogP contribution < -0.4 is 16.4 Å². The Balaban J connectivity index is 1.81. The molecule has 0 bridgehead atoms. The van der Waals surface area contributed by atoms with Gasteiger partial charge in [0.1, 0.15) is 12.1 Å². The molecule has 1 aromatic carbocycles. The highest BCUT2D eigenvalue weighted by Crippen LogP contribution is 2.23. The molecule has 31 heavy (non-hydrogen) atoms. The smallest absolute Gasteiger partial charge is 0.325 e. The number of carbonyl (C=O) groups is 3. The Bertz CT molecular complexity index is 1070. The summed E-state index contributed by atoms with van der Waals surface area (Å²) in [4.78, 5) is 46.8. The molecular weight excluding hydrogens is 400 g/mol. The van der Waals surface area contributed by atoms with Gasteiger partial charge < -0.3 is 31.4 Å². The second kappa shape index (κ2) is 9.43. The number of amides is 2. The van der Waals surface area contributed by atoms with Crippen LogP contribution in [0.1, 0.15) is 23.9 Å². The topological polar surface area (TPSA) is 166 Å². The Labute approximate surface area is 178 Å². The lowest BCUT2D eigenvalue weighted by Crippen LogP contribution is -2.55. The van der Waals surface area contributed by atoms with Gasteiger partial charge in [0.05, 0.1) is 12.4 Å². The number of nitrogens with one attached hydrogen (secondary N) is 4. The highest BCUT2D eigenvalue weighted by Gasteiger charge is 2.28. The van der Waals surface area contributed by atoms with E-state index in [1.54, 1.807) is 6.20 Å². The Morgan fingerprint density at radius 3 is 2.58 bits per heavy atom. The van der Waals surface area contributed by atoms with E-state index < -0.39 is 35.9 Å². The maximum Gasteiger partial charge on any atom is 0.325 e. The van der Waals surface area contributed by atoms with Crippen molar-refractivity contribution in [2.24, 2.45) is 5.73 Å². The number of nitrogens with two attached hydrogens (primary N) is 1. The van der Waals surface area contributed by atoms with E-state index in [0.29, 0.717) is 5.69 Å². The minimum absolute atomic E-state index is 0.177. The number of carbonyl (C=O) groups excluding carboxylic acids is 2. The highest BCUT2D eigenvalue weighted by atomic mass is 16.4. The van der Waals surface area contributed by atoms with Gasteiger partial charge >= 0.3 is 5.97 Å². The van der Waals surface area contributed by atoms with E-state index in [1.165, 1.54) is 13.3 Å². The largest absolute Gasteiger partial charge is 0.480 e. The molecule has 2 aromatic heterocycles. The summed E-state index contributed by atoms with van der Waals surface area (Å²) in [7, 11) is 0. The molecule has 0 aliphatic rings. The standard InChI is InChI=1S/C21H26N6O4/c1-11-15(14-5-3-4-6-17(14)25-11)8-18(20(29)26-12(2)21(30)31)27-19(28)16(22)7-13-9-23-10-24-13/h3-6,9-10,12,16,18,25H,7-8,22H2,1-2H3,(H,23,24)(H,26,29)(H,27,28)(H,30,31). The van der Waals surface area contributed by atoms with Gasteiger partial charge in [-0.3, -0.25) is 14.4 Å². The Morgan fingerprint density at radius 2 is 1.90 bits per heavy atom. The molecule has 2 heterocycles. The van der Waals surface area contributed by atoms with Crippen LogP contribution in [0.2, 0.25) is 0 Å². The van der Waals surface area contributed by atoms with Crippen LogP contribution in [-0.4, -0.2) is 56.0 Å². The van der Waals surface area contributed by atoms with E-state index >= 15 is 0 Å². The molecule has 0 radical (unpaired) electrons. The summed E-state index contributed by atoms with van der Waals surface area (Å²) in [5.74, 6) is -2.28. The first-order chi connectivity index (χ1) is 14.8. The summed E-state index contributed by atoms with van der Waals surface area (Å²) in [6.07, 6.45) is 3.46. The van der Waals surface area contributed by atoms with Crippen LogP contribution in [-0.2, 0) is 27.2 Å². The van der Waals surface area contributed by atoms with Gasteiger partial charge in [0.15, 0.2) is 0 Å². The maximum atomic E-state index is 12.9. The molecule has 2 amide bonds. The van der Waals surface area contributed by atoms with Crippen LogP contribution >= 0.6 is 0 Å². The van der Waals surface area contributed by atoms with Crippen LogP contribution in [0.4, 0.5) is 0 Å². The van der Waals surface area contributed by atoms with Crippen molar-refractivity contribution in [1.82, 2.24) is 25.6 Å². The van der Waals surface area contributed by atoms with Gasteiger partial charge in [0, 0.05) is 41.3 Å². The highest BCUT2D eigenvalue weighted by molar-refractivity contribution is 5.93. The molecule has 0 aliphatic carbocycles. The molecule has 0 saturated heterocycles. The number of H-pyrrole nitrogens is 2. The van der Waals surface area contributed by atoms with Crippen LogP contribution in [0.3, 0.4) is 0 Å². The van der Waals surface area contributed by atoms with Gasteiger partial charge in [-0.2, -0.15) is 0 Å². The number of aromatic amines is 2. The molecule has 10 nitrogen and oxygen atoms in total. The minimum atomic E-state index is -1.17. The van der Waals surface area contributed by atoms with E-state index in [2.05, 4.69) is 25.6 Å². The number of rotatable bonds is 9. The third kappa shape index (κ3) is 5.28. The molecule has 0 spiro atoms. The fraction of sp³-hybridized carbons (Fsp3) is 0.333.